The number of benzene rings is 2. The molecule has 2 rings (SSSR count). The lowest BCUT2D eigenvalue weighted by molar-refractivity contribution is 0.101. The summed E-state index contributed by atoms with van der Waals surface area (Å²) < 4.78 is 5.18. The minimum Gasteiger partial charge on any atom is -0.507 e. The fourth-order valence-electron chi connectivity index (χ4n) is 2.38. The number of ether oxygens (including phenoxy) is 1. The van der Waals surface area contributed by atoms with E-state index >= 15 is 0 Å². The molecule has 0 unspecified atom stereocenters. The van der Waals surface area contributed by atoms with Gasteiger partial charge in [0.1, 0.15) is 11.5 Å². The molecule has 0 radical (unpaired) electrons. The van der Waals surface area contributed by atoms with Gasteiger partial charge in [-0.25, -0.2) is 0 Å². The Balaban J connectivity index is 2.47. The first-order chi connectivity index (χ1) is 9.86. The number of phenols is 1. The number of aromatic hydroxyl groups is 1. The molecule has 0 heterocycles. The number of methoxy groups -OCH3 is 1. The van der Waals surface area contributed by atoms with Crippen LogP contribution < -0.4 is 4.74 Å². The number of ketones is 1. The predicted molar refractivity (Wildman–Crippen MR) is 83.2 cm³/mol. The van der Waals surface area contributed by atoms with Crippen LogP contribution in [0.15, 0.2) is 42.5 Å². The number of Topliss-reactive ketones (excluding diaryl/α,β-unsaturated/α-hetero) is 1. The summed E-state index contributed by atoms with van der Waals surface area (Å²) in [7, 11) is 1.64. The quantitative estimate of drug-likeness (QED) is 0.865. The van der Waals surface area contributed by atoms with Crippen LogP contribution >= 0.6 is 0 Å². The van der Waals surface area contributed by atoms with Gasteiger partial charge in [0.05, 0.1) is 12.7 Å². The van der Waals surface area contributed by atoms with Gasteiger partial charge in [0.2, 0.25) is 0 Å². The molecule has 0 aliphatic carbocycles. The summed E-state index contributed by atoms with van der Waals surface area (Å²) in [5.74, 6) is 0.696. The van der Waals surface area contributed by atoms with Crippen LogP contribution in [0, 0.1) is 0 Å². The lowest BCUT2D eigenvalue weighted by Gasteiger charge is -2.27. The Morgan fingerprint density at radius 3 is 2.14 bits per heavy atom. The molecule has 0 aliphatic heterocycles. The van der Waals surface area contributed by atoms with Crippen molar-refractivity contribution in [2.24, 2.45) is 0 Å². The summed E-state index contributed by atoms with van der Waals surface area (Å²) in [5, 5.41) is 9.77. The molecule has 3 heteroatoms. The summed E-state index contributed by atoms with van der Waals surface area (Å²) in [4.78, 5) is 11.6. The fourth-order valence-corrected chi connectivity index (χ4v) is 2.38. The van der Waals surface area contributed by atoms with Gasteiger partial charge < -0.3 is 9.84 Å². The van der Waals surface area contributed by atoms with Crippen molar-refractivity contribution in [1.82, 2.24) is 0 Å². The average molecular weight is 284 g/mol. The molecule has 0 atom stereocenters. The van der Waals surface area contributed by atoms with Crippen LogP contribution in [0.5, 0.6) is 11.5 Å². The van der Waals surface area contributed by atoms with Crippen molar-refractivity contribution < 1.29 is 14.6 Å². The molecule has 0 bridgehead atoms. The van der Waals surface area contributed by atoms with Crippen LogP contribution in [0.2, 0.25) is 0 Å². The minimum absolute atomic E-state index is 0.0248. The van der Waals surface area contributed by atoms with Gasteiger partial charge in [-0.15, -0.1) is 0 Å². The normalized spacial score (nSPS) is 11.2. The molecule has 0 saturated carbocycles. The first-order valence-electron chi connectivity index (χ1n) is 6.85. The second-order valence-electron chi connectivity index (χ2n) is 5.64. The van der Waals surface area contributed by atoms with Crippen LogP contribution in [0.3, 0.4) is 0 Å². The zero-order valence-corrected chi connectivity index (χ0v) is 12.8. The predicted octanol–water partition coefficient (Wildman–Crippen LogP) is 3.93. The number of carbonyl (C=O) groups excluding carboxylic acids is 1. The first kappa shape index (κ1) is 15.1. The highest BCUT2D eigenvalue weighted by molar-refractivity contribution is 5.96. The third-order valence-corrected chi connectivity index (χ3v) is 3.91. The monoisotopic (exact) mass is 284 g/mol. The van der Waals surface area contributed by atoms with Crippen molar-refractivity contribution in [2.75, 3.05) is 7.11 Å². The van der Waals surface area contributed by atoms with E-state index in [0.29, 0.717) is 5.56 Å². The van der Waals surface area contributed by atoms with Crippen molar-refractivity contribution in [2.45, 2.75) is 26.2 Å². The van der Waals surface area contributed by atoms with E-state index in [1.807, 2.05) is 30.3 Å². The molecule has 2 aromatic rings. The molecular weight excluding hydrogens is 264 g/mol. The van der Waals surface area contributed by atoms with Gasteiger partial charge in [-0.2, -0.15) is 0 Å². The zero-order chi connectivity index (χ0) is 15.6. The van der Waals surface area contributed by atoms with E-state index in [0.717, 1.165) is 16.9 Å². The Labute approximate surface area is 125 Å². The van der Waals surface area contributed by atoms with Crippen LogP contribution in [0.1, 0.15) is 42.3 Å². The summed E-state index contributed by atoms with van der Waals surface area (Å²) in [6.45, 7) is 5.63. The summed E-state index contributed by atoms with van der Waals surface area (Å²) in [6, 6.07) is 13.1. The Morgan fingerprint density at radius 1 is 1.05 bits per heavy atom. The lowest BCUT2D eigenvalue weighted by Crippen LogP contribution is -2.19. The third kappa shape index (κ3) is 2.92. The molecule has 110 valence electrons. The molecule has 0 aromatic heterocycles. The van der Waals surface area contributed by atoms with Gasteiger partial charge in [-0.05, 0) is 42.3 Å². The maximum atomic E-state index is 11.6. The highest BCUT2D eigenvalue weighted by Crippen LogP contribution is 2.34. The van der Waals surface area contributed by atoms with Gasteiger partial charge in [-0.3, -0.25) is 4.79 Å². The number of hydrogen-bond donors (Lipinski definition) is 1. The molecule has 3 nitrogen and oxygen atoms in total. The first-order valence-corrected chi connectivity index (χ1v) is 6.85. The number of carbonyl (C=O) groups is 1. The lowest BCUT2D eigenvalue weighted by atomic mass is 9.77. The Kier molecular flexibility index (Phi) is 4.03. The molecule has 1 N–H and O–H groups in total. The topological polar surface area (TPSA) is 46.5 Å². The van der Waals surface area contributed by atoms with Gasteiger partial charge in [-0.1, -0.05) is 32.0 Å². The van der Waals surface area contributed by atoms with E-state index < -0.39 is 0 Å². The minimum atomic E-state index is -0.274. The molecule has 0 aliphatic rings. The Bertz CT molecular complexity index is 655. The van der Waals surface area contributed by atoms with Gasteiger partial charge >= 0.3 is 0 Å². The van der Waals surface area contributed by atoms with Crippen LogP contribution in [-0.4, -0.2) is 18.0 Å². The number of phenolic OH excluding ortho intramolecular Hbond substituents is 1. The SMILES string of the molecule is COc1ccc(C(C)(C)c2ccc(O)c(C(C)=O)c2)cc1. The summed E-state index contributed by atoms with van der Waals surface area (Å²) in [6.07, 6.45) is 0. The molecule has 0 fully saturated rings. The molecule has 0 saturated heterocycles. The van der Waals surface area contributed by atoms with Crippen molar-refractivity contribution in [3.05, 3.63) is 59.2 Å². The third-order valence-electron chi connectivity index (χ3n) is 3.91. The van der Waals surface area contributed by atoms with Gasteiger partial charge in [0.25, 0.3) is 0 Å². The Hall–Kier alpha value is -2.29. The molecular formula is C18H20O3. The zero-order valence-electron chi connectivity index (χ0n) is 12.8. The highest BCUT2D eigenvalue weighted by Gasteiger charge is 2.24. The van der Waals surface area contributed by atoms with E-state index in [4.69, 9.17) is 4.74 Å². The second kappa shape index (κ2) is 5.60. The number of hydrogen-bond acceptors (Lipinski definition) is 3. The maximum absolute atomic E-state index is 11.6. The molecule has 21 heavy (non-hydrogen) atoms. The highest BCUT2D eigenvalue weighted by atomic mass is 16.5. The fraction of sp³-hybridized carbons (Fsp3) is 0.278. The van der Waals surface area contributed by atoms with Crippen molar-refractivity contribution in [3.63, 3.8) is 0 Å². The summed E-state index contributed by atoms with van der Waals surface area (Å²) >= 11 is 0. The van der Waals surface area contributed by atoms with Crippen molar-refractivity contribution >= 4 is 5.78 Å². The molecule has 0 amide bonds. The largest absolute Gasteiger partial charge is 0.507 e. The van der Waals surface area contributed by atoms with Crippen molar-refractivity contribution in [3.8, 4) is 11.5 Å². The smallest absolute Gasteiger partial charge is 0.163 e. The van der Waals surface area contributed by atoms with Crippen molar-refractivity contribution in [1.29, 1.82) is 0 Å². The van der Waals surface area contributed by atoms with E-state index in [9.17, 15) is 9.90 Å². The Morgan fingerprint density at radius 2 is 1.62 bits per heavy atom. The maximum Gasteiger partial charge on any atom is 0.163 e. The van der Waals surface area contributed by atoms with Crippen LogP contribution in [-0.2, 0) is 5.41 Å². The van der Waals surface area contributed by atoms with Crippen LogP contribution in [0.4, 0.5) is 0 Å². The van der Waals surface area contributed by atoms with Gasteiger partial charge in [0.15, 0.2) is 5.78 Å². The van der Waals surface area contributed by atoms with E-state index in [1.165, 1.54) is 6.92 Å². The van der Waals surface area contributed by atoms with Crippen LogP contribution in [0.25, 0.3) is 0 Å². The summed E-state index contributed by atoms with van der Waals surface area (Å²) in [5.41, 5.74) is 2.18. The van der Waals surface area contributed by atoms with E-state index in [-0.39, 0.29) is 16.9 Å². The second-order valence-corrected chi connectivity index (χ2v) is 5.64. The average Bonchev–Trinajstić information content (AvgIpc) is 2.47. The standard InChI is InChI=1S/C18H20O3/c1-12(19)16-11-14(7-10-17(16)20)18(2,3)13-5-8-15(21-4)9-6-13/h5-11,20H,1-4H3. The number of rotatable bonds is 4. The van der Waals surface area contributed by atoms with Gasteiger partial charge in [0, 0.05) is 5.41 Å². The molecule has 0 spiro atoms. The molecule has 2 aromatic carbocycles. The van der Waals surface area contributed by atoms with E-state index in [1.54, 1.807) is 19.2 Å². The van der Waals surface area contributed by atoms with E-state index in [2.05, 4.69) is 13.8 Å².